The molecule has 0 amide bonds. The minimum Gasteiger partial charge on any atom is -0.497 e. The number of hydrogen-bond acceptors (Lipinski definition) is 4. The summed E-state index contributed by atoms with van der Waals surface area (Å²) in [6.45, 7) is 1.00. The molecule has 1 aromatic rings. The van der Waals surface area contributed by atoms with Gasteiger partial charge in [0.2, 0.25) is 0 Å². The molecule has 0 aliphatic carbocycles. The zero-order chi connectivity index (χ0) is 17.0. The van der Waals surface area contributed by atoms with Crippen LogP contribution in [0.25, 0.3) is 0 Å². The lowest BCUT2D eigenvalue weighted by molar-refractivity contribution is -0.0509. The Bertz CT molecular complexity index is 513. The molecular formula is C17H26F2N2O2. The smallest absolute Gasteiger partial charge is 0.387 e. The van der Waals surface area contributed by atoms with Crippen LogP contribution in [0.2, 0.25) is 0 Å². The van der Waals surface area contributed by atoms with Crippen molar-refractivity contribution in [2.75, 3.05) is 27.7 Å². The second-order valence-electron chi connectivity index (χ2n) is 6.28. The van der Waals surface area contributed by atoms with Crippen LogP contribution in [0.4, 0.5) is 8.78 Å². The monoisotopic (exact) mass is 328 g/mol. The van der Waals surface area contributed by atoms with Crippen LogP contribution >= 0.6 is 0 Å². The number of nitrogens with zero attached hydrogens (tertiary/aromatic N) is 2. The summed E-state index contributed by atoms with van der Waals surface area (Å²) in [5.74, 6) is 0.861. The van der Waals surface area contributed by atoms with Crippen LogP contribution in [0.3, 0.4) is 0 Å². The third kappa shape index (κ3) is 4.78. The van der Waals surface area contributed by atoms with Crippen LogP contribution in [0.1, 0.15) is 25.3 Å². The Labute approximate surface area is 137 Å². The van der Waals surface area contributed by atoms with Gasteiger partial charge < -0.3 is 14.4 Å². The maximum atomic E-state index is 12.6. The van der Waals surface area contributed by atoms with Gasteiger partial charge in [0.1, 0.15) is 11.5 Å². The predicted molar refractivity (Wildman–Crippen MR) is 86.2 cm³/mol. The average molecular weight is 328 g/mol. The Hall–Kier alpha value is -1.40. The first-order chi connectivity index (χ1) is 10.9. The van der Waals surface area contributed by atoms with Crippen LogP contribution in [0.15, 0.2) is 18.2 Å². The SMILES string of the molecule is COc1ccc(OC(F)F)c(CN(C)[C@H]2CCN(C)[C@@H](C)C2)c1. The summed E-state index contributed by atoms with van der Waals surface area (Å²) in [5, 5.41) is 0. The van der Waals surface area contributed by atoms with Gasteiger partial charge in [0, 0.05) is 24.2 Å². The fourth-order valence-electron chi connectivity index (χ4n) is 3.08. The molecule has 2 rings (SSSR count). The van der Waals surface area contributed by atoms with Crippen molar-refractivity contribution in [3.05, 3.63) is 23.8 Å². The first-order valence-corrected chi connectivity index (χ1v) is 7.93. The Balaban J connectivity index is 2.10. The molecule has 0 radical (unpaired) electrons. The highest BCUT2D eigenvalue weighted by atomic mass is 19.3. The topological polar surface area (TPSA) is 24.9 Å². The molecule has 130 valence electrons. The second kappa shape index (κ2) is 7.93. The van der Waals surface area contributed by atoms with E-state index in [-0.39, 0.29) is 5.75 Å². The fourth-order valence-corrected chi connectivity index (χ4v) is 3.08. The van der Waals surface area contributed by atoms with Gasteiger partial charge in [-0.25, -0.2) is 0 Å². The van der Waals surface area contributed by atoms with Crippen molar-refractivity contribution >= 4 is 0 Å². The van der Waals surface area contributed by atoms with Crippen molar-refractivity contribution in [2.24, 2.45) is 0 Å². The molecule has 0 aromatic heterocycles. The molecule has 1 saturated heterocycles. The van der Waals surface area contributed by atoms with E-state index in [1.54, 1.807) is 25.3 Å². The summed E-state index contributed by atoms with van der Waals surface area (Å²) >= 11 is 0. The lowest BCUT2D eigenvalue weighted by Crippen LogP contribution is -2.46. The number of piperidine rings is 1. The van der Waals surface area contributed by atoms with E-state index in [2.05, 4.69) is 28.5 Å². The fraction of sp³-hybridized carbons (Fsp3) is 0.647. The van der Waals surface area contributed by atoms with Crippen LogP contribution in [-0.2, 0) is 6.54 Å². The summed E-state index contributed by atoms with van der Waals surface area (Å²) in [6.07, 6.45) is 2.15. The molecule has 4 nitrogen and oxygen atoms in total. The van der Waals surface area contributed by atoms with Gasteiger partial charge in [-0.2, -0.15) is 8.78 Å². The highest BCUT2D eigenvalue weighted by Gasteiger charge is 2.26. The van der Waals surface area contributed by atoms with Crippen LogP contribution in [-0.4, -0.2) is 56.2 Å². The van der Waals surface area contributed by atoms with E-state index < -0.39 is 6.61 Å². The van der Waals surface area contributed by atoms with Crippen molar-refractivity contribution in [3.8, 4) is 11.5 Å². The van der Waals surface area contributed by atoms with Gasteiger partial charge in [0.05, 0.1) is 7.11 Å². The molecule has 0 N–H and O–H groups in total. The summed E-state index contributed by atoms with van der Waals surface area (Å²) in [6, 6.07) is 5.92. The van der Waals surface area contributed by atoms with E-state index in [1.165, 1.54) is 0 Å². The van der Waals surface area contributed by atoms with Gasteiger partial charge >= 0.3 is 6.61 Å². The number of hydrogen-bond donors (Lipinski definition) is 0. The molecule has 0 saturated carbocycles. The molecule has 1 aliphatic rings. The molecular weight excluding hydrogens is 302 g/mol. The molecule has 1 fully saturated rings. The van der Waals surface area contributed by atoms with E-state index in [0.29, 0.717) is 24.4 Å². The van der Waals surface area contributed by atoms with Crippen LogP contribution in [0, 0.1) is 0 Å². The molecule has 0 unspecified atom stereocenters. The Morgan fingerprint density at radius 1 is 1.39 bits per heavy atom. The van der Waals surface area contributed by atoms with Gasteiger partial charge in [0.15, 0.2) is 0 Å². The minimum atomic E-state index is -2.82. The summed E-state index contributed by atoms with van der Waals surface area (Å²) in [4.78, 5) is 4.57. The predicted octanol–water partition coefficient (Wildman–Crippen LogP) is 3.21. The highest BCUT2D eigenvalue weighted by molar-refractivity contribution is 5.40. The maximum absolute atomic E-state index is 12.6. The van der Waals surface area contributed by atoms with Crippen molar-refractivity contribution in [2.45, 2.75) is 45.0 Å². The largest absolute Gasteiger partial charge is 0.497 e. The van der Waals surface area contributed by atoms with Crippen LogP contribution < -0.4 is 9.47 Å². The summed E-state index contributed by atoms with van der Waals surface area (Å²) < 4.78 is 35.0. The zero-order valence-electron chi connectivity index (χ0n) is 14.3. The third-order valence-electron chi connectivity index (χ3n) is 4.71. The zero-order valence-corrected chi connectivity index (χ0v) is 14.3. The molecule has 0 bridgehead atoms. The molecule has 6 heteroatoms. The van der Waals surface area contributed by atoms with E-state index in [9.17, 15) is 8.78 Å². The highest BCUT2D eigenvalue weighted by Crippen LogP contribution is 2.28. The van der Waals surface area contributed by atoms with Gasteiger partial charge in [-0.1, -0.05) is 0 Å². The standard InChI is InChI=1S/C17H26F2N2O2/c1-12-9-14(7-8-20(12)2)21(3)11-13-10-15(22-4)5-6-16(13)23-17(18)19/h5-6,10,12,14,17H,7-9,11H2,1-4H3/t12-,14-/m0/s1. The number of methoxy groups -OCH3 is 1. The quantitative estimate of drug-likeness (QED) is 0.800. The number of likely N-dealkylation sites (tertiary alicyclic amines) is 1. The van der Waals surface area contributed by atoms with Crippen molar-refractivity contribution in [1.82, 2.24) is 9.80 Å². The number of ether oxygens (including phenoxy) is 2. The second-order valence-corrected chi connectivity index (χ2v) is 6.28. The minimum absolute atomic E-state index is 0.216. The average Bonchev–Trinajstić information content (AvgIpc) is 2.51. The molecule has 0 spiro atoms. The Morgan fingerprint density at radius 3 is 2.74 bits per heavy atom. The number of rotatable bonds is 6. The number of benzene rings is 1. The van der Waals surface area contributed by atoms with Gasteiger partial charge in [-0.15, -0.1) is 0 Å². The number of halogens is 2. The lowest BCUT2D eigenvalue weighted by Gasteiger charge is -2.39. The Kier molecular flexibility index (Phi) is 6.18. The first-order valence-electron chi connectivity index (χ1n) is 7.93. The molecule has 1 heterocycles. The van der Waals surface area contributed by atoms with E-state index in [0.717, 1.165) is 24.9 Å². The lowest BCUT2D eigenvalue weighted by atomic mass is 9.97. The normalized spacial score (nSPS) is 22.6. The first kappa shape index (κ1) is 17.9. The Morgan fingerprint density at radius 2 is 2.13 bits per heavy atom. The number of alkyl halides is 2. The van der Waals surface area contributed by atoms with Crippen molar-refractivity contribution < 1.29 is 18.3 Å². The molecule has 23 heavy (non-hydrogen) atoms. The van der Waals surface area contributed by atoms with Crippen LogP contribution in [0.5, 0.6) is 11.5 Å². The van der Waals surface area contributed by atoms with Crippen molar-refractivity contribution in [1.29, 1.82) is 0 Å². The molecule has 2 atom stereocenters. The van der Waals surface area contributed by atoms with E-state index >= 15 is 0 Å². The molecule has 1 aromatic carbocycles. The summed E-state index contributed by atoms with van der Waals surface area (Å²) in [5.41, 5.74) is 0.721. The van der Waals surface area contributed by atoms with Gasteiger partial charge in [-0.3, -0.25) is 4.90 Å². The summed E-state index contributed by atoms with van der Waals surface area (Å²) in [7, 11) is 5.74. The van der Waals surface area contributed by atoms with Gasteiger partial charge in [-0.05, 0) is 58.6 Å². The molecule has 1 aliphatic heterocycles. The van der Waals surface area contributed by atoms with Crippen molar-refractivity contribution in [3.63, 3.8) is 0 Å². The van der Waals surface area contributed by atoms with E-state index in [4.69, 9.17) is 4.74 Å². The van der Waals surface area contributed by atoms with Gasteiger partial charge in [0.25, 0.3) is 0 Å². The van der Waals surface area contributed by atoms with E-state index in [1.807, 2.05) is 7.05 Å². The maximum Gasteiger partial charge on any atom is 0.387 e. The third-order valence-corrected chi connectivity index (χ3v) is 4.71.